The third-order valence-electron chi connectivity index (χ3n) is 6.35. The lowest BCUT2D eigenvalue weighted by atomic mass is 9.82. The van der Waals surface area contributed by atoms with Crippen LogP contribution in [0.5, 0.6) is 0 Å². The predicted molar refractivity (Wildman–Crippen MR) is 111 cm³/mol. The molecule has 0 heterocycles. The van der Waals surface area contributed by atoms with Gasteiger partial charge in [0.15, 0.2) is 27.3 Å². The lowest BCUT2D eigenvalue weighted by Crippen LogP contribution is -2.37. The molecule has 0 aliphatic heterocycles. The number of halogens is 4. The summed E-state index contributed by atoms with van der Waals surface area (Å²) < 4.78 is 66.9. The topological polar surface area (TPSA) is 63.2 Å². The highest BCUT2D eigenvalue weighted by atomic mass is 35.5. The van der Waals surface area contributed by atoms with E-state index < -0.39 is 38.4 Å². The summed E-state index contributed by atoms with van der Waals surface area (Å²) in [5.41, 5.74) is -0.329. The number of rotatable bonds is 4. The SMILES string of the molecule is CC1CC2CC[C@@H](C1)C2S(=O)(=O)c1cc(C(=O)Nc2cc(F)c(F)c(F)c2)ccc1Cl. The maximum Gasteiger partial charge on any atom is 0.255 e. The summed E-state index contributed by atoms with van der Waals surface area (Å²) in [6.45, 7) is 2.13. The van der Waals surface area contributed by atoms with Crippen LogP contribution in [0.4, 0.5) is 18.9 Å². The minimum atomic E-state index is -3.78. The van der Waals surface area contributed by atoms with Crippen molar-refractivity contribution in [1.29, 1.82) is 0 Å². The van der Waals surface area contributed by atoms with Crippen molar-refractivity contribution in [3.05, 3.63) is 58.4 Å². The summed E-state index contributed by atoms with van der Waals surface area (Å²) in [6, 6.07) is 5.13. The largest absolute Gasteiger partial charge is 0.322 e. The monoisotopic (exact) mass is 471 g/mol. The standard InChI is InChI=1S/C22H21ClF3NO3S/c1-11-6-12-2-3-13(7-11)21(12)31(29,30)19-8-14(4-5-16(19)23)22(28)27-15-9-17(24)20(26)18(25)10-15/h4-5,8-13,21H,2-3,6-7H2,1H3,(H,27,28)/t11?,12-,13?,21?/m0/s1. The van der Waals surface area contributed by atoms with E-state index in [-0.39, 0.29) is 33.0 Å². The van der Waals surface area contributed by atoms with Crippen molar-refractivity contribution in [2.45, 2.75) is 42.8 Å². The molecule has 3 unspecified atom stereocenters. The van der Waals surface area contributed by atoms with Gasteiger partial charge in [-0.3, -0.25) is 4.79 Å². The van der Waals surface area contributed by atoms with Crippen molar-refractivity contribution in [3.8, 4) is 0 Å². The lowest BCUT2D eigenvalue weighted by Gasteiger charge is -2.33. The predicted octanol–water partition coefficient (Wildman–Crippen LogP) is 5.61. The van der Waals surface area contributed by atoms with E-state index in [0.29, 0.717) is 18.1 Å². The van der Waals surface area contributed by atoms with E-state index in [9.17, 15) is 26.4 Å². The summed E-state index contributed by atoms with van der Waals surface area (Å²) in [5, 5.41) is 1.75. The molecule has 4 atom stereocenters. The highest BCUT2D eigenvalue weighted by Gasteiger charge is 2.49. The Balaban J connectivity index is 1.64. The van der Waals surface area contributed by atoms with Gasteiger partial charge in [0.05, 0.1) is 15.2 Å². The van der Waals surface area contributed by atoms with Crippen LogP contribution in [0.25, 0.3) is 0 Å². The van der Waals surface area contributed by atoms with Crippen LogP contribution in [-0.2, 0) is 9.84 Å². The van der Waals surface area contributed by atoms with Gasteiger partial charge in [0.2, 0.25) is 0 Å². The van der Waals surface area contributed by atoms with Crippen molar-refractivity contribution in [1.82, 2.24) is 0 Å². The van der Waals surface area contributed by atoms with E-state index >= 15 is 0 Å². The van der Waals surface area contributed by atoms with E-state index in [1.165, 1.54) is 18.2 Å². The second-order valence-electron chi connectivity index (χ2n) is 8.54. The molecule has 4 rings (SSSR count). The van der Waals surface area contributed by atoms with Crippen LogP contribution >= 0.6 is 11.6 Å². The zero-order valence-corrected chi connectivity index (χ0v) is 18.2. The van der Waals surface area contributed by atoms with Crippen LogP contribution in [0.1, 0.15) is 43.0 Å². The Labute approximate surface area is 183 Å². The maximum absolute atomic E-state index is 13.5. The van der Waals surface area contributed by atoms with Crippen molar-refractivity contribution in [2.75, 3.05) is 5.32 Å². The van der Waals surface area contributed by atoms with Gasteiger partial charge in [-0.2, -0.15) is 0 Å². The molecular weight excluding hydrogens is 451 g/mol. The first-order valence-corrected chi connectivity index (χ1v) is 12.0. The smallest absolute Gasteiger partial charge is 0.255 e. The van der Waals surface area contributed by atoms with Gasteiger partial charge in [-0.25, -0.2) is 21.6 Å². The minimum Gasteiger partial charge on any atom is -0.322 e. The normalized spacial score (nSPS) is 25.5. The van der Waals surface area contributed by atoms with Gasteiger partial charge >= 0.3 is 0 Å². The molecular formula is C22H21ClF3NO3S. The first-order chi connectivity index (χ1) is 14.6. The molecule has 0 aromatic heterocycles. The first kappa shape index (κ1) is 22.1. The molecule has 9 heteroatoms. The van der Waals surface area contributed by atoms with E-state index in [1.807, 2.05) is 0 Å². The van der Waals surface area contributed by atoms with Crippen molar-refractivity contribution < 1.29 is 26.4 Å². The number of hydrogen-bond donors (Lipinski definition) is 1. The molecule has 31 heavy (non-hydrogen) atoms. The van der Waals surface area contributed by atoms with Gasteiger partial charge in [-0.1, -0.05) is 18.5 Å². The Hall–Kier alpha value is -2.06. The fourth-order valence-corrected chi connectivity index (χ4v) is 7.99. The van der Waals surface area contributed by atoms with Crippen LogP contribution < -0.4 is 5.32 Å². The third-order valence-corrected chi connectivity index (χ3v) is 9.23. The van der Waals surface area contributed by atoms with E-state index in [2.05, 4.69) is 12.2 Å². The van der Waals surface area contributed by atoms with E-state index in [4.69, 9.17) is 11.6 Å². The van der Waals surface area contributed by atoms with Gasteiger partial charge < -0.3 is 5.32 Å². The van der Waals surface area contributed by atoms with Crippen molar-refractivity contribution in [3.63, 3.8) is 0 Å². The molecule has 2 bridgehead atoms. The van der Waals surface area contributed by atoms with Gasteiger partial charge in [0.25, 0.3) is 5.91 Å². The third kappa shape index (κ3) is 4.07. The highest BCUT2D eigenvalue weighted by Crippen LogP contribution is 2.50. The number of anilines is 1. The number of nitrogens with one attached hydrogen (secondary N) is 1. The van der Waals surface area contributed by atoms with Crippen LogP contribution in [0.3, 0.4) is 0 Å². The Morgan fingerprint density at radius 3 is 2.19 bits per heavy atom. The van der Waals surface area contributed by atoms with Gasteiger partial charge in [0, 0.05) is 23.4 Å². The number of hydrogen-bond acceptors (Lipinski definition) is 3. The Bertz CT molecular complexity index is 1120. The zero-order valence-electron chi connectivity index (χ0n) is 16.7. The second-order valence-corrected chi connectivity index (χ2v) is 11.0. The number of carbonyl (C=O) groups is 1. The number of amides is 1. The summed E-state index contributed by atoms with van der Waals surface area (Å²) in [4.78, 5) is 12.5. The molecule has 0 saturated heterocycles. The molecule has 1 N–H and O–H groups in total. The summed E-state index contributed by atoms with van der Waals surface area (Å²) in [7, 11) is -3.78. The van der Waals surface area contributed by atoms with Crippen LogP contribution in [-0.4, -0.2) is 19.6 Å². The van der Waals surface area contributed by atoms with E-state index in [0.717, 1.165) is 25.7 Å². The number of sulfone groups is 1. The molecule has 4 nitrogen and oxygen atoms in total. The quantitative estimate of drug-likeness (QED) is 0.590. The molecule has 2 aromatic rings. The minimum absolute atomic E-state index is 0.0217. The molecule has 2 aliphatic rings. The summed E-state index contributed by atoms with van der Waals surface area (Å²) in [5.74, 6) is -4.72. The number of benzene rings is 2. The highest BCUT2D eigenvalue weighted by molar-refractivity contribution is 7.92. The average Bonchev–Trinajstić information content (AvgIpc) is 2.99. The average molecular weight is 472 g/mol. The zero-order chi connectivity index (χ0) is 22.5. The van der Waals surface area contributed by atoms with Gasteiger partial charge in [-0.05, 0) is 61.6 Å². The Kier molecular flexibility index (Phi) is 5.81. The Morgan fingerprint density at radius 2 is 1.61 bits per heavy atom. The first-order valence-electron chi connectivity index (χ1n) is 10.1. The molecule has 166 valence electrons. The van der Waals surface area contributed by atoms with Crippen LogP contribution in [0, 0.1) is 35.2 Å². The van der Waals surface area contributed by atoms with Crippen LogP contribution in [0.15, 0.2) is 35.2 Å². The Morgan fingerprint density at radius 1 is 1.03 bits per heavy atom. The fourth-order valence-electron chi connectivity index (χ4n) is 5.12. The summed E-state index contributed by atoms with van der Waals surface area (Å²) >= 11 is 6.22. The lowest BCUT2D eigenvalue weighted by molar-refractivity contribution is 0.102. The summed E-state index contributed by atoms with van der Waals surface area (Å²) in [6.07, 6.45) is 3.41. The fraction of sp³-hybridized carbons (Fsp3) is 0.409. The van der Waals surface area contributed by atoms with Crippen molar-refractivity contribution in [2.24, 2.45) is 17.8 Å². The van der Waals surface area contributed by atoms with Crippen molar-refractivity contribution >= 4 is 33.0 Å². The molecule has 2 saturated carbocycles. The molecule has 2 aromatic carbocycles. The molecule has 1 amide bonds. The molecule has 2 aliphatic carbocycles. The molecule has 0 spiro atoms. The maximum atomic E-state index is 13.5. The van der Waals surface area contributed by atoms with Gasteiger partial charge in [0.1, 0.15) is 0 Å². The van der Waals surface area contributed by atoms with Crippen LogP contribution in [0.2, 0.25) is 5.02 Å². The molecule has 2 fully saturated rings. The van der Waals surface area contributed by atoms with E-state index in [1.54, 1.807) is 0 Å². The number of carbonyl (C=O) groups excluding carboxylic acids is 1. The number of fused-ring (bicyclic) bond motifs is 2. The second kappa shape index (κ2) is 8.13. The molecule has 0 radical (unpaired) electrons. The van der Waals surface area contributed by atoms with Gasteiger partial charge in [-0.15, -0.1) is 0 Å².